The van der Waals surface area contributed by atoms with Gasteiger partial charge in [0.15, 0.2) is 11.5 Å². The Morgan fingerprint density at radius 1 is 0.871 bits per heavy atom. The first-order chi connectivity index (χ1) is 15.2. The van der Waals surface area contributed by atoms with Crippen LogP contribution in [0.3, 0.4) is 0 Å². The van der Waals surface area contributed by atoms with E-state index < -0.39 is 0 Å². The van der Waals surface area contributed by atoms with Crippen LogP contribution in [0, 0.1) is 11.7 Å². The van der Waals surface area contributed by atoms with Crippen molar-refractivity contribution < 1.29 is 13.9 Å². The van der Waals surface area contributed by atoms with Gasteiger partial charge in [-0.2, -0.15) is 0 Å². The number of aryl methyl sites for hydroxylation is 1. The van der Waals surface area contributed by atoms with Gasteiger partial charge in [-0.05, 0) is 78.6 Å². The molecule has 2 atom stereocenters. The highest BCUT2D eigenvalue weighted by atomic mass is 19.1. The molecular formula is C27H28FNO2. The molecule has 0 unspecified atom stereocenters. The summed E-state index contributed by atoms with van der Waals surface area (Å²) in [6, 6.07) is 24.1. The summed E-state index contributed by atoms with van der Waals surface area (Å²) in [7, 11) is 0. The molecule has 1 fully saturated rings. The van der Waals surface area contributed by atoms with E-state index in [9.17, 15) is 4.39 Å². The number of fused-ring (bicyclic) bond motifs is 1. The summed E-state index contributed by atoms with van der Waals surface area (Å²) in [5.41, 5.74) is 3.90. The van der Waals surface area contributed by atoms with Crippen LogP contribution < -0.4 is 9.47 Å². The maximum Gasteiger partial charge on any atom is 0.231 e. The zero-order valence-corrected chi connectivity index (χ0v) is 17.7. The molecule has 31 heavy (non-hydrogen) atoms. The molecule has 2 aliphatic rings. The number of likely N-dealkylation sites (tertiary alicyclic amines) is 1. The van der Waals surface area contributed by atoms with Gasteiger partial charge in [-0.25, -0.2) is 4.39 Å². The lowest BCUT2D eigenvalue weighted by Gasteiger charge is -2.39. The maximum atomic E-state index is 13.5. The van der Waals surface area contributed by atoms with Crippen molar-refractivity contribution in [3.8, 4) is 11.5 Å². The van der Waals surface area contributed by atoms with Gasteiger partial charge in [0.1, 0.15) is 5.82 Å². The Morgan fingerprint density at radius 2 is 1.68 bits per heavy atom. The van der Waals surface area contributed by atoms with Crippen LogP contribution in [0.15, 0.2) is 72.8 Å². The van der Waals surface area contributed by atoms with Crippen LogP contribution in [0.25, 0.3) is 0 Å². The van der Waals surface area contributed by atoms with Gasteiger partial charge in [-0.3, -0.25) is 4.90 Å². The third-order valence-electron chi connectivity index (χ3n) is 6.61. The van der Waals surface area contributed by atoms with Crippen molar-refractivity contribution in [2.45, 2.75) is 31.7 Å². The molecule has 0 aromatic heterocycles. The van der Waals surface area contributed by atoms with E-state index in [-0.39, 0.29) is 5.82 Å². The molecule has 4 heteroatoms. The smallest absolute Gasteiger partial charge is 0.231 e. The first-order valence-corrected chi connectivity index (χ1v) is 11.1. The number of ether oxygens (including phenoxy) is 2. The van der Waals surface area contributed by atoms with Crippen molar-refractivity contribution in [3.63, 3.8) is 0 Å². The lowest BCUT2D eigenvalue weighted by Crippen LogP contribution is -2.39. The topological polar surface area (TPSA) is 21.7 Å². The second-order valence-electron chi connectivity index (χ2n) is 8.65. The Bertz CT molecular complexity index is 1010. The second-order valence-corrected chi connectivity index (χ2v) is 8.65. The van der Waals surface area contributed by atoms with E-state index in [0.29, 0.717) is 18.6 Å². The van der Waals surface area contributed by atoms with Gasteiger partial charge >= 0.3 is 0 Å². The molecule has 2 aliphatic heterocycles. The Hall–Kier alpha value is -2.85. The average Bonchev–Trinajstić information content (AvgIpc) is 3.27. The number of halogens is 1. The highest BCUT2D eigenvalue weighted by molar-refractivity contribution is 5.44. The van der Waals surface area contributed by atoms with Crippen LogP contribution in [0.4, 0.5) is 4.39 Å². The minimum absolute atomic E-state index is 0.165. The van der Waals surface area contributed by atoms with Crippen molar-refractivity contribution in [1.29, 1.82) is 0 Å². The van der Waals surface area contributed by atoms with E-state index in [1.54, 1.807) is 12.1 Å². The quantitative estimate of drug-likeness (QED) is 0.506. The Kier molecular flexibility index (Phi) is 5.90. The summed E-state index contributed by atoms with van der Waals surface area (Å²) in [5, 5.41) is 0. The number of hydrogen-bond donors (Lipinski definition) is 0. The fourth-order valence-corrected chi connectivity index (χ4v) is 4.98. The molecule has 0 bridgehead atoms. The standard InChI is InChI=1S/C27H28FNO2/c28-24-11-9-22(10-12-24)25-14-15-29(17-21-4-2-1-3-5-21)18-23(25)8-6-20-7-13-26-27(16-20)31-19-30-26/h1-5,7,9-13,16,23,25H,6,8,14-15,17-19H2/t23-,25+/m1/s1. The normalized spacial score (nSPS) is 20.7. The van der Waals surface area contributed by atoms with Gasteiger partial charge < -0.3 is 9.47 Å². The third kappa shape index (κ3) is 4.75. The minimum Gasteiger partial charge on any atom is -0.454 e. The summed E-state index contributed by atoms with van der Waals surface area (Å²) < 4.78 is 24.5. The minimum atomic E-state index is -0.165. The van der Waals surface area contributed by atoms with Crippen molar-refractivity contribution in [2.75, 3.05) is 19.9 Å². The van der Waals surface area contributed by atoms with Crippen molar-refractivity contribution in [2.24, 2.45) is 5.92 Å². The van der Waals surface area contributed by atoms with E-state index in [4.69, 9.17) is 9.47 Å². The summed E-state index contributed by atoms with van der Waals surface area (Å²) in [6.07, 6.45) is 3.19. The van der Waals surface area contributed by atoms with Gasteiger partial charge in [0, 0.05) is 13.1 Å². The molecular weight excluding hydrogens is 389 g/mol. The van der Waals surface area contributed by atoms with E-state index in [0.717, 1.165) is 50.4 Å². The molecule has 0 radical (unpaired) electrons. The highest BCUT2D eigenvalue weighted by Gasteiger charge is 2.30. The zero-order chi connectivity index (χ0) is 21.0. The third-order valence-corrected chi connectivity index (χ3v) is 6.61. The molecule has 0 saturated carbocycles. The predicted molar refractivity (Wildman–Crippen MR) is 120 cm³/mol. The molecule has 3 aromatic carbocycles. The monoisotopic (exact) mass is 417 g/mol. The Morgan fingerprint density at radius 3 is 2.52 bits per heavy atom. The molecule has 5 rings (SSSR count). The van der Waals surface area contributed by atoms with Crippen LogP contribution in [-0.4, -0.2) is 24.8 Å². The van der Waals surface area contributed by atoms with E-state index >= 15 is 0 Å². The average molecular weight is 418 g/mol. The lowest BCUT2D eigenvalue weighted by molar-refractivity contribution is 0.140. The van der Waals surface area contributed by atoms with Gasteiger partial charge in [-0.1, -0.05) is 48.5 Å². The second kappa shape index (κ2) is 9.11. The van der Waals surface area contributed by atoms with Crippen molar-refractivity contribution in [1.82, 2.24) is 4.90 Å². The number of benzene rings is 3. The van der Waals surface area contributed by atoms with Crippen LogP contribution in [-0.2, 0) is 13.0 Å². The van der Waals surface area contributed by atoms with Crippen LogP contribution in [0.5, 0.6) is 11.5 Å². The molecule has 0 aliphatic carbocycles. The lowest BCUT2D eigenvalue weighted by atomic mass is 9.77. The number of piperidine rings is 1. The number of rotatable bonds is 6. The van der Waals surface area contributed by atoms with E-state index in [1.807, 2.05) is 18.2 Å². The summed E-state index contributed by atoms with van der Waals surface area (Å²) in [5.74, 6) is 2.50. The van der Waals surface area contributed by atoms with Crippen LogP contribution >= 0.6 is 0 Å². The van der Waals surface area contributed by atoms with E-state index in [1.165, 1.54) is 16.7 Å². The van der Waals surface area contributed by atoms with Gasteiger partial charge in [-0.15, -0.1) is 0 Å². The van der Waals surface area contributed by atoms with Gasteiger partial charge in [0.2, 0.25) is 6.79 Å². The first kappa shape index (κ1) is 20.1. The molecule has 160 valence electrons. The summed E-state index contributed by atoms with van der Waals surface area (Å²) in [4.78, 5) is 2.57. The largest absolute Gasteiger partial charge is 0.454 e. The molecule has 1 saturated heterocycles. The SMILES string of the molecule is Fc1ccc([C@@H]2CCN(Cc3ccccc3)C[C@H]2CCc2ccc3c(c2)OCO3)cc1. The fraction of sp³-hybridized carbons (Fsp3) is 0.333. The fourth-order valence-electron chi connectivity index (χ4n) is 4.98. The molecule has 2 heterocycles. The Labute approximate surface area is 183 Å². The van der Waals surface area contributed by atoms with Crippen LogP contribution in [0.1, 0.15) is 35.4 Å². The highest BCUT2D eigenvalue weighted by Crippen LogP contribution is 2.38. The number of hydrogen-bond acceptors (Lipinski definition) is 3. The van der Waals surface area contributed by atoms with E-state index in [2.05, 4.69) is 47.4 Å². The van der Waals surface area contributed by atoms with Crippen molar-refractivity contribution >= 4 is 0 Å². The molecule has 3 nitrogen and oxygen atoms in total. The predicted octanol–water partition coefficient (Wildman–Crippen LogP) is 5.79. The van der Waals surface area contributed by atoms with Gasteiger partial charge in [0.05, 0.1) is 0 Å². The zero-order valence-electron chi connectivity index (χ0n) is 17.7. The Balaban J connectivity index is 1.31. The summed E-state index contributed by atoms with van der Waals surface area (Å²) in [6.45, 7) is 3.42. The molecule has 3 aromatic rings. The summed E-state index contributed by atoms with van der Waals surface area (Å²) >= 11 is 0. The molecule has 0 spiro atoms. The maximum absolute atomic E-state index is 13.5. The van der Waals surface area contributed by atoms with Crippen LogP contribution in [0.2, 0.25) is 0 Å². The van der Waals surface area contributed by atoms with Crippen molar-refractivity contribution in [3.05, 3.63) is 95.3 Å². The molecule has 0 amide bonds. The number of nitrogens with zero attached hydrogens (tertiary/aromatic N) is 1. The van der Waals surface area contributed by atoms with Gasteiger partial charge in [0.25, 0.3) is 0 Å². The first-order valence-electron chi connectivity index (χ1n) is 11.1. The molecule has 0 N–H and O–H groups in total.